The summed E-state index contributed by atoms with van der Waals surface area (Å²) in [5, 5.41) is 5.66. The number of rotatable bonds is 6. The number of hydrogen-bond donors (Lipinski definition) is 2. The van der Waals surface area contributed by atoms with E-state index in [0.717, 1.165) is 4.90 Å². The van der Waals surface area contributed by atoms with Crippen molar-refractivity contribution in [2.45, 2.75) is 42.3 Å². The van der Waals surface area contributed by atoms with Crippen LogP contribution in [0, 0.1) is 0 Å². The van der Waals surface area contributed by atoms with E-state index in [2.05, 4.69) is 20.6 Å². The number of likely N-dealkylation sites (tertiary alicyclic amines) is 2. The summed E-state index contributed by atoms with van der Waals surface area (Å²) in [5.74, 6) is -1.37. The highest BCUT2D eigenvalue weighted by molar-refractivity contribution is 7.98. The molecule has 1 aromatic carbocycles. The van der Waals surface area contributed by atoms with Crippen molar-refractivity contribution in [1.29, 1.82) is 0 Å². The summed E-state index contributed by atoms with van der Waals surface area (Å²) >= 11 is 1.55. The van der Waals surface area contributed by atoms with Crippen LogP contribution in [0.15, 0.2) is 47.8 Å². The summed E-state index contributed by atoms with van der Waals surface area (Å²) in [6.07, 6.45) is 7.61. The molecule has 3 atom stereocenters. The van der Waals surface area contributed by atoms with Gasteiger partial charge >= 0.3 is 12.0 Å². The number of nitrogens with one attached hydrogen (secondary N) is 2. The van der Waals surface area contributed by atoms with Crippen LogP contribution in [-0.2, 0) is 14.3 Å². The Morgan fingerprint density at radius 2 is 1.94 bits per heavy atom. The molecule has 4 amide bonds. The predicted octanol–water partition coefficient (Wildman–Crippen LogP) is 1.77. The molecule has 2 N–H and O–H groups in total. The number of hydrogen-bond acceptors (Lipinski definition) is 8. The maximum absolute atomic E-state index is 13.8. The zero-order valence-corrected chi connectivity index (χ0v) is 20.9. The van der Waals surface area contributed by atoms with Gasteiger partial charge in [-0.1, -0.05) is 6.07 Å². The summed E-state index contributed by atoms with van der Waals surface area (Å²) in [6, 6.07) is 4.50. The first-order valence-electron chi connectivity index (χ1n) is 11.6. The van der Waals surface area contributed by atoms with Crippen molar-refractivity contribution >= 4 is 41.3 Å². The molecule has 0 saturated carbocycles. The van der Waals surface area contributed by atoms with Gasteiger partial charge < -0.3 is 25.2 Å². The lowest BCUT2D eigenvalue weighted by Gasteiger charge is -2.32. The van der Waals surface area contributed by atoms with E-state index in [1.165, 1.54) is 35.5 Å². The number of methoxy groups -OCH3 is 1. The third-order valence-electron chi connectivity index (χ3n) is 6.35. The van der Waals surface area contributed by atoms with Crippen molar-refractivity contribution in [3.63, 3.8) is 0 Å². The third kappa shape index (κ3) is 5.43. The lowest BCUT2D eigenvalue weighted by atomic mass is 10.1. The zero-order valence-electron chi connectivity index (χ0n) is 20.0. The van der Waals surface area contributed by atoms with Crippen LogP contribution in [0.4, 0.5) is 10.5 Å². The van der Waals surface area contributed by atoms with Crippen molar-refractivity contribution in [3.8, 4) is 0 Å². The standard InChI is InChI=1S/C24H28N6O5S/c1-35-23(33)19-7-4-11-29(19)22(32)20-17(8-12-30(20)21(31)18-14-25-9-10-26-18)28-24(34)27-15-5-3-6-16(13-15)36-2/h3,5-6,9-10,13-14,17,19-20H,4,7-8,11-12H2,1-2H3,(H2,27,28,34). The minimum Gasteiger partial charge on any atom is -0.467 e. The molecule has 0 aliphatic carbocycles. The van der Waals surface area contributed by atoms with Crippen molar-refractivity contribution in [2.75, 3.05) is 31.8 Å². The van der Waals surface area contributed by atoms with Crippen LogP contribution in [0.25, 0.3) is 0 Å². The molecule has 2 aliphatic heterocycles. The fraction of sp³-hybridized carbons (Fsp3) is 0.417. The largest absolute Gasteiger partial charge is 0.467 e. The van der Waals surface area contributed by atoms with Crippen LogP contribution in [-0.4, -0.2) is 88.2 Å². The quantitative estimate of drug-likeness (QED) is 0.442. The Balaban J connectivity index is 1.56. The van der Waals surface area contributed by atoms with Gasteiger partial charge in [0.1, 0.15) is 17.8 Å². The van der Waals surface area contributed by atoms with Gasteiger partial charge in [-0.25, -0.2) is 14.6 Å². The molecule has 3 unspecified atom stereocenters. The number of anilines is 1. The van der Waals surface area contributed by atoms with Gasteiger partial charge in [0.15, 0.2) is 0 Å². The number of urea groups is 1. The van der Waals surface area contributed by atoms with E-state index < -0.39 is 41.9 Å². The molecule has 36 heavy (non-hydrogen) atoms. The molecule has 2 aliphatic rings. The molecule has 2 fully saturated rings. The first-order valence-corrected chi connectivity index (χ1v) is 12.8. The highest BCUT2D eigenvalue weighted by Gasteiger charge is 2.48. The summed E-state index contributed by atoms with van der Waals surface area (Å²) in [4.78, 5) is 64.1. The average molecular weight is 513 g/mol. The minimum atomic E-state index is -1.01. The van der Waals surface area contributed by atoms with E-state index in [-0.39, 0.29) is 12.2 Å². The second kappa shape index (κ2) is 11.4. The summed E-state index contributed by atoms with van der Waals surface area (Å²) < 4.78 is 4.88. The number of ether oxygens (including phenoxy) is 1. The van der Waals surface area contributed by atoms with E-state index in [1.54, 1.807) is 17.8 Å². The van der Waals surface area contributed by atoms with Crippen LogP contribution in [0.1, 0.15) is 29.8 Å². The van der Waals surface area contributed by atoms with Gasteiger partial charge in [0.05, 0.1) is 19.3 Å². The number of amides is 4. The molecule has 190 valence electrons. The van der Waals surface area contributed by atoms with E-state index >= 15 is 0 Å². The smallest absolute Gasteiger partial charge is 0.328 e. The Hall–Kier alpha value is -3.67. The topological polar surface area (TPSA) is 134 Å². The summed E-state index contributed by atoms with van der Waals surface area (Å²) in [5.41, 5.74) is 0.707. The Bertz CT molecular complexity index is 1130. The highest BCUT2D eigenvalue weighted by Crippen LogP contribution is 2.27. The summed E-state index contributed by atoms with van der Waals surface area (Å²) in [6.45, 7) is 0.595. The number of carbonyl (C=O) groups is 4. The van der Waals surface area contributed by atoms with Gasteiger partial charge in [0.25, 0.3) is 5.91 Å². The third-order valence-corrected chi connectivity index (χ3v) is 7.07. The van der Waals surface area contributed by atoms with Gasteiger partial charge in [-0.2, -0.15) is 0 Å². The molecule has 0 bridgehead atoms. The number of aromatic nitrogens is 2. The first-order chi connectivity index (χ1) is 17.4. The molecular weight excluding hydrogens is 484 g/mol. The normalized spacial score (nSPS) is 21.2. The first kappa shape index (κ1) is 25.4. The Kier molecular flexibility index (Phi) is 8.04. The maximum atomic E-state index is 13.8. The molecular formula is C24H28N6O5S. The Labute approximate surface area is 213 Å². The van der Waals surface area contributed by atoms with Crippen LogP contribution in [0.5, 0.6) is 0 Å². The van der Waals surface area contributed by atoms with Crippen LogP contribution in [0.2, 0.25) is 0 Å². The lowest BCUT2D eigenvalue weighted by molar-refractivity contribution is -0.152. The second-order valence-corrected chi connectivity index (χ2v) is 9.35. The molecule has 2 aromatic rings. The van der Waals surface area contributed by atoms with E-state index in [4.69, 9.17) is 4.74 Å². The number of esters is 1. The highest BCUT2D eigenvalue weighted by atomic mass is 32.2. The molecule has 12 heteroatoms. The number of carbonyl (C=O) groups excluding carboxylic acids is 4. The molecule has 3 heterocycles. The van der Waals surface area contributed by atoms with Gasteiger partial charge in [0.2, 0.25) is 5.91 Å². The molecule has 11 nitrogen and oxygen atoms in total. The number of nitrogens with zero attached hydrogens (tertiary/aromatic N) is 4. The molecule has 4 rings (SSSR count). The summed E-state index contributed by atoms with van der Waals surface area (Å²) in [7, 11) is 1.28. The molecule has 0 radical (unpaired) electrons. The van der Waals surface area contributed by atoms with Crippen molar-refractivity contribution < 1.29 is 23.9 Å². The molecule has 1 aromatic heterocycles. The van der Waals surface area contributed by atoms with Crippen LogP contribution >= 0.6 is 11.8 Å². The van der Waals surface area contributed by atoms with E-state index in [1.807, 2.05) is 24.5 Å². The number of benzene rings is 1. The van der Waals surface area contributed by atoms with E-state index in [0.29, 0.717) is 31.5 Å². The lowest BCUT2D eigenvalue weighted by Crippen LogP contribution is -2.57. The maximum Gasteiger partial charge on any atom is 0.328 e. The SMILES string of the molecule is COC(=O)C1CCCN1C(=O)C1C(NC(=O)Nc2cccc(SC)c2)CCN1C(=O)c1cnccn1. The van der Waals surface area contributed by atoms with Gasteiger partial charge in [-0.15, -0.1) is 11.8 Å². The monoisotopic (exact) mass is 512 g/mol. The minimum absolute atomic E-state index is 0.0974. The molecule has 2 saturated heterocycles. The van der Waals surface area contributed by atoms with Gasteiger partial charge in [0, 0.05) is 36.1 Å². The fourth-order valence-electron chi connectivity index (χ4n) is 4.65. The van der Waals surface area contributed by atoms with Crippen molar-refractivity contribution in [3.05, 3.63) is 48.5 Å². The van der Waals surface area contributed by atoms with Crippen LogP contribution < -0.4 is 10.6 Å². The second-order valence-electron chi connectivity index (χ2n) is 8.47. The van der Waals surface area contributed by atoms with Gasteiger partial charge in [-0.05, 0) is 43.7 Å². The fourth-order valence-corrected chi connectivity index (χ4v) is 5.11. The van der Waals surface area contributed by atoms with Crippen molar-refractivity contribution in [2.24, 2.45) is 0 Å². The predicted molar refractivity (Wildman–Crippen MR) is 132 cm³/mol. The zero-order chi connectivity index (χ0) is 25.7. The average Bonchev–Trinajstić information content (AvgIpc) is 3.55. The molecule has 0 spiro atoms. The Morgan fingerprint density at radius 3 is 2.67 bits per heavy atom. The number of thioether (sulfide) groups is 1. The van der Waals surface area contributed by atoms with Gasteiger partial charge in [-0.3, -0.25) is 14.6 Å². The Morgan fingerprint density at radius 1 is 1.11 bits per heavy atom. The van der Waals surface area contributed by atoms with E-state index in [9.17, 15) is 19.2 Å². The van der Waals surface area contributed by atoms with Crippen molar-refractivity contribution in [1.82, 2.24) is 25.1 Å². The van der Waals surface area contributed by atoms with Crippen LogP contribution in [0.3, 0.4) is 0 Å².